The van der Waals surface area contributed by atoms with E-state index in [4.69, 9.17) is 4.74 Å². The molecule has 0 N–H and O–H groups in total. The SMILES string of the molecule is COc1ccc(C(=O)Cc2ccncc2)c2cc(C(F)(F)F)nn12. The Morgan fingerprint density at radius 1 is 1.21 bits per heavy atom. The van der Waals surface area contributed by atoms with E-state index in [9.17, 15) is 18.0 Å². The molecule has 0 saturated carbocycles. The van der Waals surface area contributed by atoms with Crippen LogP contribution < -0.4 is 4.74 Å². The fourth-order valence-electron chi connectivity index (χ4n) is 2.36. The maximum atomic E-state index is 12.9. The van der Waals surface area contributed by atoms with Crippen LogP contribution in [0.1, 0.15) is 21.6 Å². The maximum Gasteiger partial charge on any atom is 0.435 e. The Hall–Kier alpha value is -2.90. The van der Waals surface area contributed by atoms with Crippen molar-refractivity contribution in [3.63, 3.8) is 0 Å². The maximum absolute atomic E-state index is 12.9. The quantitative estimate of drug-likeness (QED) is 0.687. The minimum Gasteiger partial charge on any atom is -0.481 e. The highest BCUT2D eigenvalue weighted by Crippen LogP contribution is 2.31. The average molecular weight is 335 g/mol. The van der Waals surface area contributed by atoms with Gasteiger partial charge in [-0.2, -0.15) is 22.8 Å². The summed E-state index contributed by atoms with van der Waals surface area (Å²) in [5, 5.41) is 3.51. The van der Waals surface area contributed by atoms with Gasteiger partial charge >= 0.3 is 6.18 Å². The van der Waals surface area contributed by atoms with Crippen molar-refractivity contribution in [3.8, 4) is 5.88 Å². The van der Waals surface area contributed by atoms with Crippen LogP contribution in [0.15, 0.2) is 42.7 Å². The zero-order chi connectivity index (χ0) is 17.3. The topological polar surface area (TPSA) is 56.5 Å². The molecular formula is C16H12F3N3O2. The van der Waals surface area contributed by atoms with E-state index in [-0.39, 0.29) is 29.2 Å². The van der Waals surface area contributed by atoms with E-state index in [1.165, 1.54) is 19.2 Å². The van der Waals surface area contributed by atoms with Crippen LogP contribution in [0.5, 0.6) is 5.88 Å². The van der Waals surface area contributed by atoms with E-state index in [0.717, 1.165) is 16.1 Å². The predicted molar refractivity (Wildman–Crippen MR) is 79.0 cm³/mol. The number of rotatable bonds is 4. The third kappa shape index (κ3) is 2.94. The van der Waals surface area contributed by atoms with Crippen molar-refractivity contribution in [1.29, 1.82) is 0 Å². The van der Waals surface area contributed by atoms with Crippen LogP contribution in [-0.4, -0.2) is 27.5 Å². The summed E-state index contributed by atoms with van der Waals surface area (Å²) in [5.74, 6) is -0.205. The number of carbonyl (C=O) groups is 1. The van der Waals surface area contributed by atoms with Crippen LogP contribution in [0.3, 0.4) is 0 Å². The molecule has 0 aromatic carbocycles. The van der Waals surface area contributed by atoms with Crippen LogP contribution in [0.4, 0.5) is 13.2 Å². The molecule has 5 nitrogen and oxygen atoms in total. The van der Waals surface area contributed by atoms with Crippen molar-refractivity contribution in [1.82, 2.24) is 14.6 Å². The summed E-state index contributed by atoms with van der Waals surface area (Å²) >= 11 is 0. The van der Waals surface area contributed by atoms with Crippen LogP contribution in [-0.2, 0) is 12.6 Å². The summed E-state index contributed by atoms with van der Waals surface area (Å²) in [4.78, 5) is 16.4. The molecule has 0 aliphatic heterocycles. The fraction of sp³-hybridized carbons (Fsp3) is 0.188. The lowest BCUT2D eigenvalue weighted by molar-refractivity contribution is -0.141. The highest BCUT2D eigenvalue weighted by atomic mass is 19.4. The third-order valence-corrected chi connectivity index (χ3v) is 3.50. The number of alkyl halides is 3. The number of fused-ring (bicyclic) bond motifs is 1. The molecule has 3 heterocycles. The molecule has 24 heavy (non-hydrogen) atoms. The molecule has 3 aromatic heterocycles. The number of halogens is 3. The van der Waals surface area contributed by atoms with Crippen molar-refractivity contribution < 1.29 is 22.7 Å². The summed E-state index contributed by atoms with van der Waals surface area (Å²) < 4.78 is 44.8. The van der Waals surface area contributed by atoms with Gasteiger partial charge in [0.05, 0.1) is 12.6 Å². The summed E-state index contributed by atoms with van der Waals surface area (Å²) in [6.07, 6.45) is -1.46. The van der Waals surface area contributed by atoms with Gasteiger partial charge in [0.1, 0.15) is 0 Å². The average Bonchev–Trinajstić information content (AvgIpc) is 3.00. The highest BCUT2D eigenvalue weighted by molar-refractivity contribution is 6.03. The molecule has 0 saturated heterocycles. The minimum atomic E-state index is -4.61. The number of methoxy groups -OCH3 is 1. The first-order valence-electron chi connectivity index (χ1n) is 6.96. The normalized spacial score (nSPS) is 11.7. The van der Waals surface area contributed by atoms with Gasteiger partial charge in [0.2, 0.25) is 5.88 Å². The third-order valence-electron chi connectivity index (χ3n) is 3.50. The molecule has 0 aliphatic carbocycles. The Bertz CT molecular complexity index is 889. The number of nitrogens with zero attached hydrogens (tertiary/aromatic N) is 3. The summed E-state index contributed by atoms with van der Waals surface area (Å²) in [6.45, 7) is 0. The lowest BCUT2D eigenvalue weighted by atomic mass is 10.0. The van der Waals surface area contributed by atoms with Gasteiger partial charge in [-0.1, -0.05) is 0 Å². The summed E-state index contributed by atoms with van der Waals surface area (Å²) in [6, 6.07) is 7.06. The Kier molecular flexibility index (Phi) is 3.96. The first kappa shape index (κ1) is 16.0. The van der Waals surface area contributed by atoms with Crippen molar-refractivity contribution in [2.45, 2.75) is 12.6 Å². The Balaban J connectivity index is 2.07. The van der Waals surface area contributed by atoms with Gasteiger partial charge in [0.25, 0.3) is 0 Å². The fourth-order valence-corrected chi connectivity index (χ4v) is 2.36. The Labute approximate surface area is 134 Å². The molecule has 124 valence electrons. The Morgan fingerprint density at radius 2 is 1.92 bits per heavy atom. The molecule has 8 heteroatoms. The number of carbonyl (C=O) groups excluding carboxylic acids is 1. The molecule has 3 rings (SSSR count). The van der Waals surface area contributed by atoms with E-state index in [1.807, 2.05) is 0 Å². The van der Waals surface area contributed by atoms with E-state index in [1.54, 1.807) is 24.5 Å². The molecule has 3 aromatic rings. The van der Waals surface area contributed by atoms with Crippen molar-refractivity contribution >= 4 is 11.3 Å². The van der Waals surface area contributed by atoms with Gasteiger partial charge in [-0.25, -0.2) is 0 Å². The summed E-state index contributed by atoms with van der Waals surface area (Å²) in [5.41, 5.74) is -0.152. The molecular weight excluding hydrogens is 323 g/mol. The monoisotopic (exact) mass is 335 g/mol. The van der Waals surface area contributed by atoms with E-state index in [0.29, 0.717) is 0 Å². The number of hydrogen-bond donors (Lipinski definition) is 0. The van der Waals surface area contributed by atoms with E-state index in [2.05, 4.69) is 10.1 Å². The van der Waals surface area contributed by atoms with Gasteiger partial charge in [-0.05, 0) is 29.8 Å². The number of hydrogen-bond acceptors (Lipinski definition) is 4. The number of Topliss-reactive ketones (excluding diaryl/α,β-unsaturated/α-hetero) is 1. The van der Waals surface area contributed by atoms with Gasteiger partial charge in [0, 0.05) is 30.4 Å². The first-order valence-corrected chi connectivity index (χ1v) is 6.96. The molecule has 0 aliphatic rings. The lowest BCUT2D eigenvalue weighted by Crippen LogP contribution is -2.08. The molecule has 0 spiro atoms. The zero-order valence-electron chi connectivity index (χ0n) is 12.5. The second-order valence-corrected chi connectivity index (χ2v) is 5.07. The highest BCUT2D eigenvalue weighted by Gasteiger charge is 2.35. The van der Waals surface area contributed by atoms with Gasteiger partial charge in [-0.15, -0.1) is 0 Å². The lowest BCUT2D eigenvalue weighted by Gasteiger charge is -2.07. The standard InChI is InChI=1S/C16H12F3N3O2/c1-24-15-3-2-11(13(23)8-10-4-6-20-7-5-10)12-9-14(16(17,18)19)21-22(12)15/h2-7,9H,8H2,1H3. The molecule has 0 fully saturated rings. The number of aromatic nitrogens is 3. The van der Waals surface area contributed by atoms with Crippen LogP contribution in [0.2, 0.25) is 0 Å². The minimum absolute atomic E-state index is 0.0526. The number of ether oxygens (including phenoxy) is 1. The van der Waals surface area contributed by atoms with Gasteiger partial charge in [-0.3, -0.25) is 9.78 Å². The number of pyridine rings is 2. The van der Waals surface area contributed by atoms with Crippen molar-refractivity contribution in [2.24, 2.45) is 0 Å². The van der Waals surface area contributed by atoms with Crippen LogP contribution in [0.25, 0.3) is 5.52 Å². The van der Waals surface area contributed by atoms with E-state index >= 15 is 0 Å². The second kappa shape index (κ2) is 5.95. The van der Waals surface area contributed by atoms with Crippen LogP contribution >= 0.6 is 0 Å². The summed E-state index contributed by atoms with van der Waals surface area (Å²) in [7, 11) is 1.32. The smallest absolute Gasteiger partial charge is 0.435 e. The molecule has 0 atom stereocenters. The molecule has 0 unspecified atom stereocenters. The largest absolute Gasteiger partial charge is 0.481 e. The predicted octanol–water partition coefficient (Wildman–Crippen LogP) is 3.18. The Morgan fingerprint density at radius 3 is 2.54 bits per heavy atom. The molecule has 0 amide bonds. The van der Waals surface area contributed by atoms with Gasteiger partial charge in [0.15, 0.2) is 11.5 Å². The zero-order valence-corrected chi connectivity index (χ0v) is 12.5. The second-order valence-electron chi connectivity index (χ2n) is 5.07. The van der Waals surface area contributed by atoms with Gasteiger partial charge < -0.3 is 4.74 Å². The first-order chi connectivity index (χ1) is 11.4. The number of ketones is 1. The van der Waals surface area contributed by atoms with E-state index < -0.39 is 11.9 Å². The van der Waals surface area contributed by atoms with Crippen molar-refractivity contribution in [2.75, 3.05) is 7.11 Å². The molecule has 0 radical (unpaired) electrons. The van der Waals surface area contributed by atoms with Crippen LogP contribution in [0, 0.1) is 0 Å². The molecule has 0 bridgehead atoms. The van der Waals surface area contributed by atoms with Crippen molar-refractivity contribution in [3.05, 3.63) is 59.5 Å².